The number of carbonyl (C=O) groups is 1. The van der Waals surface area contributed by atoms with E-state index in [1.807, 2.05) is 0 Å². The number of aryl methyl sites for hydroxylation is 1. The van der Waals surface area contributed by atoms with Gasteiger partial charge in [-0.05, 0) is 43.0 Å². The molecule has 1 amide bonds. The number of nitrogens with one attached hydrogen (secondary N) is 2. The summed E-state index contributed by atoms with van der Waals surface area (Å²) in [5.41, 5.74) is 1.24. The molecule has 2 aromatic rings. The van der Waals surface area contributed by atoms with E-state index >= 15 is 0 Å². The Morgan fingerprint density at radius 2 is 2.00 bits per heavy atom. The van der Waals surface area contributed by atoms with Crippen LogP contribution < -0.4 is 10.0 Å². The van der Waals surface area contributed by atoms with Gasteiger partial charge < -0.3 is 5.32 Å². The summed E-state index contributed by atoms with van der Waals surface area (Å²) >= 11 is 0. The Kier molecular flexibility index (Phi) is 4.68. The quantitative estimate of drug-likeness (QED) is 0.782. The Morgan fingerprint density at radius 3 is 2.58 bits per heavy atom. The molecule has 8 heteroatoms. The minimum absolute atomic E-state index is 0.130. The van der Waals surface area contributed by atoms with Crippen LogP contribution in [0.4, 0.5) is 0 Å². The van der Waals surface area contributed by atoms with Crippen LogP contribution in [0, 0.1) is 5.92 Å². The Morgan fingerprint density at radius 1 is 1.29 bits per heavy atom. The molecular weight excluding hydrogens is 328 g/mol. The maximum absolute atomic E-state index is 12.3. The lowest BCUT2D eigenvalue weighted by Crippen LogP contribution is -2.26. The highest BCUT2D eigenvalue weighted by molar-refractivity contribution is 7.89. The first kappa shape index (κ1) is 16.7. The van der Waals surface area contributed by atoms with Crippen molar-refractivity contribution in [1.29, 1.82) is 0 Å². The van der Waals surface area contributed by atoms with Crippen molar-refractivity contribution in [3.05, 3.63) is 47.8 Å². The van der Waals surface area contributed by atoms with E-state index in [-0.39, 0.29) is 17.3 Å². The summed E-state index contributed by atoms with van der Waals surface area (Å²) in [5.74, 6) is 0.430. The fourth-order valence-corrected chi connectivity index (χ4v) is 3.29. The molecule has 3 rings (SSSR count). The molecule has 1 aromatic heterocycles. The largest absolute Gasteiger partial charge is 0.352 e. The molecule has 1 aromatic carbocycles. The van der Waals surface area contributed by atoms with E-state index in [1.165, 1.54) is 37.1 Å². The monoisotopic (exact) mass is 348 g/mol. The Bertz CT molecular complexity index is 823. The van der Waals surface area contributed by atoms with Crippen LogP contribution in [0.5, 0.6) is 0 Å². The average Bonchev–Trinajstić information content (AvgIpc) is 3.31. The van der Waals surface area contributed by atoms with Gasteiger partial charge in [0.05, 0.1) is 11.1 Å². The Labute approximate surface area is 141 Å². The van der Waals surface area contributed by atoms with Gasteiger partial charge in [0.15, 0.2) is 0 Å². The zero-order valence-corrected chi connectivity index (χ0v) is 14.2. The molecule has 0 atom stereocenters. The number of carbonyl (C=O) groups excluding carboxylic acids is 1. The molecule has 0 aliphatic heterocycles. The van der Waals surface area contributed by atoms with Crippen LogP contribution in [0.3, 0.4) is 0 Å². The number of benzene rings is 1. The van der Waals surface area contributed by atoms with Crippen LogP contribution in [-0.4, -0.2) is 30.7 Å². The van der Waals surface area contributed by atoms with Crippen molar-refractivity contribution in [2.75, 3.05) is 6.54 Å². The van der Waals surface area contributed by atoms with Crippen LogP contribution in [0.2, 0.25) is 0 Å². The summed E-state index contributed by atoms with van der Waals surface area (Å²) in [7, 11) is -1.86. The van der Waals surface area contributed by atoms with Crippen LogP contribution >= 0.6 is 0 Å². The van der Waals surface area contributed by atoms with Crippen molar-refractivity contribution < 1.29 is 13.2 Å². The first-order chi connectivity index (χ1) is 11.4. The first-order valence-corrected chi connectivity index (χ1v) is 9.28. The van der Waals surface area contributed by atoms with E-state index in [4.69, 9.17) is 0 Å². The third-order valence-corrected chi connectivity index (χ3v) is 5.32. The maximum Gasteiger partial charge on any atom is 0.251 e. The van der Waals surface area contributed by atoms with E-state index < -0.39 is 10.0 Å². The van der Waals surface area contributed by atoms with E-state index in [0.29, 0.717) is 18.0 Å². The molecule has 0 saturated heterocycles. The van der Waals surface area contributed by atoms with Gasteiger partial charge in [-0.15, -0.1) is 0 Å². The number of rotatable bonds is 7. The highest BCUT2D eigenvalue weighted by Gasteiger charge is 2.22. The van der Waals surface area contributed by atoms with Gasteiger partial charge in [0.2, 0.25) is 10.0 Å². The highest BCUT2D eigenvalue weighted by atomic mass is 32.2. The zero-order valence-electron chi connectivity index (χ0n) is 13.4. The van der Waals surface area contributed by atoms with Gasteiger partial charge in [-0.3, -0.25) is 9.48 Å². The van der Waals surface area contributed by atoms with Crippen LogP contribution in [0.1, 0.15) is 28.8 Å². The van der Waals surface area contributed by atoms with Crippen molar-refractivity contribution in [3.63, 3.8) is 0 Å². The van der Waals surface area contributed by atoms with Crippen molar-refractivity contribution in [2.45, 2.75) is 24.3 Å². The minimum atomic E-state index is -3.63. The number of hydrogen-bond acceptors (Lipinski definition) is 4. The van der Waals surface area contributed by atoms with Crippen LogP contribution in [-0.2, 0) is 23.6 Å². The molecule has 1 aliphatic carbocycles. The third kappa shape index (κ3) is 4.21. The van der Waals surface area contributed by atoms with Gasteiger partial charge >= 0.3 is 0 Å². The molecule has 128 valence electrons. The molecule has 0 unspecified atom stereocenters. The first-order valence-electron chi connectivity index (χ1n) is 7.79. The Hall–Kier alpha value is -2.19. The fraction of sp³-hybridized carbons (Fsp3) is 0.375. The van der Waals surface area contributed by atoms with Crippen molar-refractivity contribution in [1.82, 2.24) is 19.8 Å². The van der Waals surface area contributed by atoms with Crippen molar-refractivity contribution in [3.8, 4) is 0 Å². The summed E-state index contributed by atoms with van der Waals surface area (Å²) < 4.78 is 28.7. The van der Waals surface area contributed by atoms with E-state index in [0.717, 1.165) is 5.56 Å². The summed E-state index contributed by atoms with van der Waals surface area (Å²) in [6.07, 6.45) is 5.69. The van der Waals surface area contributed by atoms with Crippen molar-refractivity contribution >= 4 is 15.9 Å². The number of nitrogens with zero attached hydrogens (tertiary/aromatic N) is 2. The maximum atomic E-state index is 12.3. The van der Waals surface area contributed by atoms with Crippen LogP contribution in [0.15, 0.2) is 41.6 Å². The molecule has 2 N–H and O–H groups in total. The summed E-state index contributed by atoms with van der Waals surface area (Å²) in [6, 6.07) is 5.94. The highest BCUT2D eigenvalue weighted by Crippen LogP contribution is 2.27. The zero-order chi connectivity index (χ0) is 17.2. The lowest BCUT2D eigenvalue weighted by atomic mass is 10.2. The summed E-state index contributed by atoms with van der Waals surface area (Å²) in [6.45, 7) is 0.853. The number of amides is 1. The molecule has 1 saturated carbocycles. The van der Waals surface area contributed by atoms with Crippen molar-refractivity contribution in [2.24, 2.45) is 13.0 Å². The van der Waals surface area contributed by atoms with E-state index in [2.05, 4.69) is 15.1 Å². The predicted octanol–water partition coefficient (Wildman–Crippen LogP) is 1.04. The van der Waals surface area contributed by atoms with E-state index in [1.54, 1.807) is 24.1 Å². The topological polar surface area (TPSA) is 93.1 Å². The second kappa shape index (κ2) is 6.74. The molecule has 1 fully saturated rings. The number of hydrogen-bond donors (Lipinski definition) is 2. The molecular formula is C16H20N4O3S. The van der Waals surface area contributed by atoms with Gasteiger partial charge in [0.25, 0.3) is 5.91 Å². The second-order valence-corrected chi connectivity index (χ2v) is 7.79. The van der Waals surface area contributed by atoms with Gasteiger partial charge in [-0.2, -0.15) is 5.10 Å². The lowest BCUT2D eigenvalue weighted by Gasteiger charge is -2.07. The minimum Gasteiger partial charge on any atom is -0.352 e. The number of aromatic nitrogens is 2. The molecule has 1 heterocycles. The van der Waals surface area contributed by atoms with Gasteiger partial charge in [0.1, 0.15) is 0 Å². The molecule has 0 spiro atoms. The van der Waals surface area contributed by atoms with E-state index in [9.17, 15) is 13.2 Å². The van der Waals surface area contributed by atoms with Crippen LogP contribution in [0.25, 0.3) is 0 Å². The van der Waals surface area contributed by atoms with Gasteiger partial charge in [-0.1, -0.05) is 0 Å². The smallest absolute Gasteiger partial charge is 0.251 e. The molecule has 1 aliphatic rings. The Balaban J connectivity index is 1.61. The summed E-state index contributed by atoms with van der Waals surface area (Å²) in [5, 5.41) is 6.85. The number of sulfonamides is 1. The third-order valence-electron chi connectivity index (χ3n) is 3.90. The molecule has 0 bridgehead atoms. The molecule has 7 nitrogen and oxygen atoms in total. The molecule has 0 radical (unpaired) electrons. The predicted molar refractivity (Wildman–Crippen MR) is 88.7 cm³/mol. The van der Waals surface area contributed by atoms with Gasteiger partial charge in [0, 0.05) is 37.5 Å². The van der Waals surface area contributed by atoms with Gasteiger partial charge in [-0.25, -0.2) is 13.1 Å². The fourth-order valence-electron chi connectivity index (χ4n) is 2.27. The standard InChI is InChI=1S/C16H20N4O3S/c1-20-11-13(9-18-20)10-19-24(22,23)15-6-4-14(5-7-15)16(21)17-8-12-2-3-12/h4-7,9,11-12,19H,2-3,8,10H2,1H3,(H,17,21). The summed E-state index contributed by atoms with van der Waals surface area (Å²) in [4.78, 5) is 12.1. The molecule has 24 heavy (non-hydrogen) atoms. The average molecular weight is 348 g/mol. The SMILES string of the molecule is Cn1cc(CNS(=O)(=O)c2ccc(C(=O)NCC3CC3)cc2)cn1. The lowest BCUT2D eigenvalue weighted by molar-refractivity contribution is 0.0951. The second-order valence-electron chi connectivity index (χ2n) is 6.02. The normalized spacial score (nSPS) is 14.5.